The zero-order chi connectivity index (χ0) is 13.2. The van der Waals surface area contributed by atoms with Crippen LogP contribution in [0, 0.1) is 0 Å². The maximum atomic E-state index is 12.7. The summed E-state index contributed by atoms with van der Waals surface area (Å²) in [7, 11) is 0. The average Bonchev–Trinajstić information content (AvgIpc) is 2.79. The molecule has 1 saturated heterocycles. The van der Waals surface area contributed by atoms with Crippen LogP contribution in [0.15, 0.2) is 24.3 Å². The Hall–Kier alpha value is -1.07. The lowest BCUT2D eigenvalue weighted by Gasteiger charge is -2.28. The van der Waals surface area contributed by atoms with Crippen LogP contribution in [0.1, 0.15) is 24.0 Å². The van der Waals surface area contributed by atoms with Crippen LogP contribution in [-0.2, 0) is 11.6 Å². The van der Waals surface area contributed by atoms with E-state index in [1.807, 2.05) is 0 Å². The van der Waals surface area contributed by atoms with Gasteiger partial charge in [0.15, 0.2) is 0 Å². The quantitative estimate of drug-likeness (QED) is 0.873. The van der Waals surface area contributed by atoms with Crippen molar-refractivity contribution in [2.75, 3.05) is 19.7 Å². The summed E-state index contributed by atoms with van der Waals surface area (Å²) < 4.78 is 38.1. The van der Waals surface area contributed by atoms with E-state index in [2.05, 4.69) is 5.32 Å². The predicted molar refractivity (Wildman–Crippen MR) is 62.3 cm³/mol. The first-order valence-corrected chi connectivity index (χ1v) is 5.97. The average molecular weight is 259 g/mol. The molecule has 0 spiro atoms. The van der Waals surface area contributed by atoms with E-state index in [1.54, 1.807) is 6.07 Å². The molecule has 2 N–H and O–H groups in total. The van der Waals surface area contributed by atoms with Gasteiger partial charge < -0.3 is 10.4 Å². The molecule has 1 aromatic carbocycles. The second-order valence-corrected chi connectivity index (χ2v) is 4.76. The zero-order valence-electron chi connectivity index (χ0n) is 9.93. The number of hydrogen-bond acceptors (Lipinski definition) is 2. The Bertz CT molecular complexity index is 411. The molecule has 5 heteroatoms. The fourth-order valence-corrected chi connectivity index (χ4v) is 2.59. The molecule has 1 atom stereocenters. The van der Waals surface area contributed by atoms with Gasteiger partial charge >= 0.3 is 6.18 Å². The molecule has 1 aromatic rings. The largest absolute Gasteiger partial charge is 0.416 e. The van der Waals surface area contributed by atoms with Gasteiger partial charge in [0.25, 0.3) is 0 Å². The van der Waals surface area contributed by atoms with E-state index < -0.39 is 11.7 Å². The highest BCUT2D eigenvalue weighted by Crippen LogP contribution is 2.37. The third kappa shape index (κ3) is 2.52. The van der Waals surface area contributed by atoms with Crippen molar-refractivity contribution < 1.29 is 18.3 Å². The minimum Gasteiger partial charge on any atom is -0.396 e. The minimum atomic E-state index is -4.32. The Morgan fingerprint density at radius 1 is 1.33 bits per heavy atom. The van der Waals surface area contributed by atoms with E-state index in [4.69, 9.17) is 5.11 Å². The van der Waals surface area contributed by atoms with Crippen LogP contribution in [0.3, 0.4) is 0 Å². The molecule has 0 aliphatic carbocycles. The lowest BCUT2D eigenvalue weighted by atomic mass is 9.76. The van der Waals surface area contributed by atoms with Gasteiger partial charge in [-0.2, -0.15) is 13.2 Å². The number of aliphatic hydroxyl groups is 1. The van der Waals surface area contributed by atoms with Gasteiger partial charge in [0.1, 0.15) is 0 Å². The molecule has 100 valence electrons. The molecule has 0 saturated carbocycles. The van der Waals surface area contributed by atoms with Crippen molar-refractivity contribution >= 4 is 0 Å². The molecule has 0 amide bonds. The number of hydrogen-bond donors (Lipinski definition) is 2. The van der Waals surface area contributed by atoms with Crippen molar-refractivity contribution in [3.05, 3.63) is 35.4 Å². The van der Waals surface area contributed by atoms with Crippen molar-refractivity contribution in [2.24, 2.45) is 0 Å². The molecule has 0 bridgehead atoms. The summed E-state index contributed by atoms with van der Waals surface area (Å²) in [5.41, 5.74) is -0.323. The monoisotopic (exact) mass is 259 g/mol. The smallest absolute Gasteiger partial charge is 0.396 e. The van der Waals surface area contributed by atoms with E-state index >= 15 is 0 Å². The summed E-state index contributed by atoms with van der Waals surface area (Å²) in [5, 5.41) is 12.3. The molecule has 1 aliphatic heterocycles. The van der Waals surface area contributed by atoms with Crippen molar-refractivity contribution in [3.63, 3.8) is 0 Å². The van der Waals surface area contributed by atoms with Crippen LogP contribution in [-0.4, -0.2) is 24.8 Å². The number of rotatable bonds is 3. The van der Waals surface area contributed by atoms with Crippen LogP contribution >= 0.6 is 0 Å². The fourth-order valence-electron chi connectivity index (χ4n) is 2.59. The minimum absolute atomic E-state index is 0.0159. The lowest BCUT2D eigenvalue weighted by Crippen LogP contribution is -2.30. The summed E-state index contributed by atoms with van der Waals surface area (Å²) in [5.74, 6) is 0. The first-order chi connectivity index (χ1) is 8.48. The topological polar surface area (TPSA) is 32.3 Å². The highest BCUT2D eigenvalue weighted by molar-refractivity contribution is 5.33. The SMILES string of the molecule is OCCC1(c2cccc(C(F)(F)F)c2)CCNC1. The lowest BCUT2D eigenvalue weighted by molar-refractivity contribution is -0.137. The van der Waals surface area contributed by atoms with Gasteiger partial charge in [-0.1, -0.05) is 18.2 Å². The number of benzene rings is 1. The number of alkyl halides is 3. The van der Waals surface area contributed by atoms with Crippen molar-refractivity contribution in [1.29, 1.82) is 0 Å². The molecule has 18 heavy (non-hydrogen) atoms. The van der Waals surface area contributed by atoms with Gasteiger partial charge in [-0.3, -0.25) is 0 Å². The molecule has 1 unspecified atom stereocenters. The first kappa shape index (κ1) is 13.4. The standard InChI is InChI=1S/C13H16F3NO/c14-13(15,16)11-3-1-2-10(8-11)12(5-7-18)4-6-17-9-12/h1-3,8,17-18H,4-7,9H2. The van der Waals surface area contributed by atoms with Crippen LogP contribution in [0.5, 0.6) is 0 Å². The molecule has 1 aliphatic rings. The van der Waals surface area contributed by atoms with Crippen molar-refractivity contribution in [1.82, 2.24) is 5.32 Å². The highest BCUT2D eigenvalue weighted by atomic mass is 19.4. The van der Waals surface area contributed by atoms with Gasteiger partial charge in [-0.25, -0.2) is 0 Å². The molecule has 1 fully saturated rings. The molecule has 2 rings (SSSR count). The summed E-state index contributed by atoms with van der Waals surface area (Å²) in [6.07, 6.45) is -3.07. The van der Waals surface area contributed by atoms with Crippen LogP contribution < -0.4 is 5.32 Å². The third-order valence-electron chi connectivity index (χ3n) is 3.64. The van der Waals surface area contributed by atoms with Crippen LogP contribution in [0.4, 0.5) is 13.2 Å². The summed E-state index contributed by atoms with van der Waals surface area (Å²) >= 11 is 0. The van der Waals surface area contributed by atoms with Crippen LogP contribution in [0.25, 0.3) is 0 Å². The Kier molecular flexibility index (Phi) is 3.64. The molecular formula is C13H16F3NO. The Balaban J connectivity index is 2.37. The van der Waals surface area contributed by atoms with Crippen molar-refractivity contribution in [2.45, 2.75) is 24.4 Å². The second kappa shape index (κ2) is 4.90. The summed E-state index contributed by atoms with van der Waals surface area (Å²) in [6, 6.07) is 5.45. The van der Waals surface area contributed by atoms with Gasteiger partial charge in [-0.15, -0.1) is 0 Å². The Morgan fingerprint density at radius 3 is 2.67 bits per heavy atom. The van der Waals surface area contributed by atoms with E-state index in [1.165, 1.54) is 12.1 Å². The summed E-state index contributed by atoms with van der Waals surface area (Å²) in [4.78, 5) is 0. The van der Waals surface area contributed by atoms with Gasteiger partial charge in [0, 0.05) is 18.6 Å². The number of nitrogens with one attached hydrogen (secondary N) is 1. The fraction of sp³-hybridized carbons (Fsp3) is 0.538. The summed E-state index contributed by atoms with van der Waals surface area (Å²) in [6.45, 7) is 1.38. The number of halogens is 3. The third-order valence-corrected chi connectivity index (χ3v) is 3.64. The van der Waals surface area contributed by atoms with E-state index in [0.717, 1.165) is 19.0 Å². The number of aliphatic hydroxyl groups excluding tert-OH is 1. The zero-order valence-corrected chi connectivity index (χ0v) is 9.93. The Morgan fingerprint density at radius 2 is 2.11 bits per heavy atom. The molecule has 0 radical (unpaired) electrons. The Labute approximate surface area is 104 Å². The molecule has 1 heterocycles. The highest BCUT2D eigenvalue weighted by Gasteiger charge is 2.37. The van der Waals surface area contributed by atoms with E-state index in [9.17, 15) is 13.2 Å². The second-order valence-electron chi connectivity index (χ2n) is 4.76. The van der Waals surface area contributed by atoms with E-state index in [0.29, 0.717) is 18.5 Å². The maximum Gasteiger partial charge on any atom is 0.416 e. The molecule has 2 nitrogen and oxygen atoms in total. The van der Waals surface area contributed by atoms with Gasteiger partial charge in [-0.05, 0) is 31.0 Å². The van der Waals surface area contributed by atoms with Gasteiger partial charge in [0.05, 0.1) is 5.56 Å². The molecule has 0 aromatic heterocycles. The van der Waals surface area contributed by atoms with Gasteiger partial charge in [0.2, 0.25) is 0 Å². The molecular weight excluding hydrogens is 243 g/mol. The normalized spacial score (nSPS) is 24.4. The van der Waals surface area contributed by atoms with Crippen LogP contribution in [0.2, 0.25) is 0 Å². The van der Waals surface area contributed by atoms with E-state index in [-0.39, 0.29) is 12.0 Å². The predicted octanol–water partition coefficient (Wildman–Crippen LogP) is 2.32. The first-order valence-electron chi connectivity index (χ1n) is 5.97. The van der Waals surface area contributed by atoms with Crippen molar-refractivity contribution in [3.8, 4) is 0 Å². The maximum absolute atomic E-state index is 12.7.